The zero-order valence-corrected chi connectivity index (χ0v) is 24.6. The van der Waals surface area contributed by atoms with Gasteiger partial charge >= 0.3 is 18.0 Å². The lowest BCUT2D eigenvalue weighted by Gasteiger charge is -2.35. The highest BCUT2D eigenvalue weighted by Crippen LogP contribution is 2.26. The number of amides is 4. The van der Waals surface area contributed by atoms with Gasteiger partial charge in [-0.05, 0) is 25.5 Å². The molecule has 45 heavy (non-hydrogen) atoms. The van der Waals surface area contributed by atoms with Crippen LogP contribution >= 0.6 is 0 Å². The molecule has 0 radical (unpaired) electrons. The number of hydrogen-bond donors (Lipinski definition) is 4. The van der Waals surface area contributed by atoms with Gasteiger partial charge in [-0.1, -0.05) is 12.1 Å². The maximum atomic E-state index is 13.4. The molecule has 2 unspecified atom stereocenters. The Hall–Kier alpha value is -4.99. The van der Waals surface area contributed by atoms with Crippen LogP contribution < -0.4 is 10.1 Å². The molecule has 4 rings (SSSR count). The van der Waals surface area contributed by atoms with Crippen molar-refractivity contribution in [2.75, 3.05) is 45.9 Å². The van der Waals surface area contributed by atoms with Gasteiger partial charge < -0.3 is 44.8 Å². The molecule has 1 aromatic heterocycles. The van der Waals surface area contributed by atoms with Crippen LogP contribution in [0, 0.1) is 0 Å². The lowest BCUT2D eigenvalue weighted by molar-refractivity contribution is -0.149. The van der Waals surface area contributed by atoms with Gasteiger partial charge in [0.05, 0.1) is 18.2 Å². The van der Waals surface area contributed by atoms with E-state index in [9.17, 15) is 44.1 Å². The maximum absolute atomic E-state index is 13.4. The third kappa shape index (κ3) is 8.14. The summed E-state index contributed by atoms with van der Waals surface area (Å²) in [6.45, 7) is 1.89. The predicted molar refractivity (Wildman–Crippen MR) is 154 cm³/mol. The first-order valence-corrected chi connectivity index (χ1v) is 14.4. The SMILES string of the molecule is CCOC(=O)N1CCN(C(=O)[C@H](CCC(=O)O)NC(=O)c2cc(OCC(=O)N3CC(O)CC3C(=O)O)c3ccccc3n2)CC1. The van der Waals surface area contributed by atoms with Crippen LogP contribution in [0.1, 0.15) is 36.7 Å². The van der Waals surface area contributed by atoms with Crippen molar-refractivity contribution in [3.05, 3.63) is 36.0 Å². The van der Waals surface area contributed by atoms with E-state index in [1.54, 1.807) is 31.2 Å². The molecule has 0 saturated carbocycles. The van der Waals surface area contributed by atoms with E-state index in [1.807, 2.05) is 0 Å². The lowest BCUT2D eigenvalue weighted by atomic mass is 10.1. The molecule has 3 heterocycles. The first-order chi connectivity index (χ1) is 21.5. The van der Waals surface area contributed by atoms with E-state index in [-0.39, 0.29) is 63.6 Å². The molecule has 242 valence electrons. The fourth-order valence-corrected chi connectivity index (χ4v) is 5.23. The molecule has 16 nitrogen and oxygen atoms in total. The number of piperazine rings is 1. The third-order valence-electron chi connectivity index (χ3n) is 7.51. The fourth-order valence-electron chi connectivity index (χ4n) is 5.23. The monoisotopic (exact) mass is 629 g/mol. The van der Waals surface area contributed by atoms with Crippen LogP contribution in [-0.2, 0) is 23.9 Å². The second kappa shape index (κ2) is 14.7. The first-order valence-electron chi connectivity index (χ1n) is 14.4. The average molecular weight is 630 g/mol. The number of pyridine rings is 1. The molecule has 4 amide bonds. The number of carboxylic acid groups (broad SMARTS) is 2. The number of hydrogen-bond acceptors (Lipinski definition) is 10. The molecular formula is C29H35N5O11. The number of rotatable bonds is 11. The van der Waals surface area contributed by atoms with E-state index in [1.165, 1.54) is 15.9 Å². The smallest absolute Gasteiger partial charge is 0.409 e. The Morgan fingerprint density at radius 3 is 2.40 bits per heavy atom. The Balaban J connectivity index is 1.50. The Morgan fingerprint density at radius 2 is 1.73 bits per heavy atom. The zero-order chi connectivity index (χ0) is 32.7. The molecule has 0 aliphatic carbocycles. The molecule has 2 aliphatic heterocycles. The largest absolute Gasteiger partial charge is 0.483 e. The van der Waals surface area contributed by atoms with Crippen LogP contribution in [0.2, 0.25) is 0 Å². The van der Waals surface area contributed by atoms with Crippen LogP contribution in [0.3, 0.4) is 0 Å². The zero-order valence-electron chi connectivity index (χ0n) is 24.6. The Labute approximate surface area is 257 Å². The van der Waals surface area contributed by atoms with Crippen molar-refractivity contribution in [2.24, 2.45) is 0 Å². The van der Waals surface area contributed by atoms with E-state index >= 15 is 0 Å². The van der Waals surface area contributed by atoms with Crippen LogP contribution in [0.25, 0.3) is 10.9 Å². The van der Waals surface area contributed by atoms with Gasteiger partial charge in [0.15, 0.2) is 6.61 Å². The highest BCUT2D eigenvalue weighted by atomic mass is 16.6. The molecule has 16 heteroatoms. The summed E-state index contributed by atoms with van der Waals surface area (Å²) in [5.74, 6) is -4.30. The van der Waals surface area contributed by atoms with Crippen LogP contribution in [-0.4, -0.2) is 135 Å². The van der Waals surface area contributed by atoms with Crippen molar-refractivity contribution in [3.63, 3.8) is 0 Å². The van der Waals surface area contributed by atoms with Gasteiger partial charge in [0.2, 0.25) is 5.91 Å². The van der Waals surface area contributed by atoms with Gasteiger partial charge in [-0.25, -0.2) is 14.6 Å². The third-order valence-corrected chi connectivity index (χ3v) is 7.51. The number of aliphatic carboxylic acids is 2. The van der Waals surface area contributed by atoms with E-state index in [0.29, 0.717) is 10.9 Å². The molecule has 3 atom stereocenters. The minimum atomic E-state index is -1.25. The number of fused-ring (bicyclic) bond motifs is 1. The summed E-state index contributed by atoms with van der Waals surface area (Å²) in [5, 5.41) is 31.6. The molecule has 2 aliphatic rings. The van der Waals surface area contributed by atoms with E-state index < -0.39 is 67.0 Å². The average Bonchev–Trinajstić information content (AvgIpc) is 3.43. The van der Waals surface area contributed by atoms with Crippen molar-refractivity contribution in [2.45, 2.75) is 44.4 Å². The normalized spacial score (nSPS) is 18.8. The number of nitrogens with one attached hydrogen (secondary N) is 1. The molecular weight excluding hydrogens is 594 g/mol. The molecule has 0 bridgehead atoms. The second-order valence-corrected chi connectivity index (χ2v) is 10.6. The van der Waals surface area contributed by atoms with E-state index in [2.05, 4.69) is 10.3 Å². The van der Waals surface area contributed by atoms with Crippen molar-refractivity contribution in [1.29, 1.82) is 0 Å². The highest BCUT2D eigenvalue weighted by molar-refractivity contribution is 5.99. The summed E-state index contributed by atoms with van der Waals surface area (Å²) in [5.41, 5.74) is 0.160. The number of nitrogens with zero attached hydrogens (tertiary/aromatic N) is 4. The summed E-state index contributed by atoms with van der Waals surface area (Å²) in [4.78, 5) is 82.8. The van der Waals surface area contributed by atoms with Crippen molar-refractivity contribution in [1.82, 2.24) is 25.0 Å². The molecule has 4 N–H and O–H groups in total. The van der Waals surface area contributed by atoms with E-state index in [0.717, 1.165) is 4.90 Å². The number of carbonyl (C=O) groups excluding carboxylic acids is 4. The maximum Gasteiger partial charge on any atom is 0.409 e. The number of likely N-dealkylation sites (tertiary alicyclic amines) is 1. The van der Waals surface area contributed by atoms with Gasteiger partial charge in [0.25, 0.3) is 11.8 Å². The number of benzene rings is 1. The summed E-state index contributed by atoms with van der Waals surface area (Å²) < 4.78 is 10.7. The second-order valence-electron chi connectivity index (χ2n) is 10.6. The number of carboxylic acids is 2. The minimum absolute atomic E-state index is 0.0919. The quantitative estimate of drug-likeness (QED) is 0.257. The lowest BCUT2D eigenvalue weighted by Crippen LogP contribution is -2.56. The molecule has 1 aromatic carbocycles. The predicted octanol–water partition coefficient (Wildman–Crippen LogP) is -0.0761. The molecule has 2 fully saturated rings. The van der Waals surface area contributed by atoms with Gasteiger partial charge in [-0.2, -0.15) is 0 Å². The standard InChI is InChI=1S/C29H35N5O11/c1-2-44-29(43)33-11-9-32(10-12-33)27(40)20(7-8-25(37)38)31-26(39)21-14-23(18-5-3-4-6-19(18)30-21)45-16-24(36)34-15-17(35)13-22(34)28(41)42/h3-6,14,17,20,22,35H,2,7-13,15-16H2,1H3,(H,31,39)(H,37,38)(H,41,42)/t17?,20-,22?/m0/s1. The summed E-state index contributed by atoms with van der Waals surface area (Å²) in [6.07, 6.45) is -2.18. The van der Waals surface area contributed by atoms with Crippen molar-refractivity contribution in [3.8, 4) is 5.75 Å². The van der Waals surface area contributed by atoms with E-state index in [4.69, 9.17) is 9.47 Å². The summed E-state index contributed by atoms with van der Waals surface area (Å²) >= 11 is 0. The number of aromatic nitrogens is 1. The Morgan fingerprint density at radius 1 is 1.04 bits per heavy atom. The number of para-hydroxylation sites is 1. The summed E-state index contributed by atoms with van der Waals surface area (Å²) in [6, 6.07) is 5.49. The first kappa shape index (κ1) is 32.9. The van der Waals surface area contributed by atoms with Crippen molar-refractivity contribution < 1.29 is 53.6 Å². The highest BCUT2D eigenvalue weighted by Gasteiger charge is 2.39. The Kier molecular flexibility index (Phi) is 10.7. The number of aliphatic hydroxyl groups excluding tert-OH is 1. The van der Waals surface area contributed by atoms with Crippen LogP contribution in [0.5, 0.6) is 5.75 Å². The number of ether oxygens (including phenoxy) is 2. The fraction of sp³-hybridized carbons (Fsp3) is 0.483. The Bertz CT molecular complexity index is 1460. The summed E-state index contributed by atoms with van der Waals surface area (Å²) in [7, 11) is 0. The van der Waals surface area contributed by atoms with Crippen molar-refractivity contribution >= 4 is 46.7 Å². The molecule has 2 aromatic rings. The van der Waals surface area contributed by atoms with Gasteiger partial charge in [0.1, 0.15) is 23.5 Å². The van der Waals surface area contributed by atoms with Crippen LogP contribution in [0.15, 0.2) is 30.3 Å². The number of β-amino-alcohol motifs (C(OH)–C–C–N with tert-alkyl or cyclic N) is 1. The number of aliphatic hydroxyl groups is 1. The van der Waals surface area contributed by atoms with Crippen LogP contribution in [0.4, 0.5) is 4.79 Å². The topological polar surface area (TPSA) is 216 Å². The molecule has 2 saturated heterocycles. The molecule has 0 spiro atoms. The van der Waals surface area contributed by atoms with Gasteiger partial charge in [-0.15, -0.1) is 0 Å². The number of carbonyl (C=O) groups is 6. The minimum Gasteiger partial charge on any atom is -0.483 e. The van der Waals surface area contributed by atoms with Gasteiger partial charge in [0, 0.05) is 57.0 Å². The van der Waals surface area contributed by atoms with Gasteiger partial charge in [-0.3, -0.25) is 19.2 Å².